The van der Waals surface area contributed by atoms with E-state index in [-0.39, 0.29) is 18.6 Å². The number of amides is 1. The predicted molar refractivity (Wildman–Crippen MR) is 120 cm³/mol. The van der Waals surface area contributed by atoms with Gasteiger partial charge in [0.25, 0.3) is 5.91 Å². The van der Waals surface area contributed by atoms with Gasteiger partial charge in [0.1, 0.15) is 11.5 Å². The van der Waals surface area contributed by atoms with Crippen LogP contribution >= 0.6 is 0 Å². The molecule has 156 valence electrons. The van der Waals surface area contributed by atoms with E-state index in [1.165, 1.54) is 0 Å². The quantitative estimate of drug-likeness (QED) is 0.434. The fraction of sp³-hybridized carbons (Fsp3) is 0.160. The summed E-state index contributed by atoms with van der Waals surface area (Å²) >= 11 is 0. The molecular formula is C25H23N3O3. The van der Waals surface area contributed by atoms with Gasteiger partial charge in [-0.1, -0.05) is 36.4 Å². The van der Waals surface area contributed by atoms with Crippen LogP contribution in [-0.2, 0) is 4.79 Å². The second-order valence-electron chi connectivity index (χ2n) is 7.00. The molecule has 6 nitrogen and oxygen atoms in total. The number of nitrogens with one attached hydrogen (secondary N) is 1. The van der Waals surface area contributed by atoms with Crippen molar-refractivity contribution in [3.8, 4) is 28.7 Å². The number of hydrazone groups is 1. The monoisotopic (exact) mass is 413 g/mol. The van der Waals surface area contributed by atoms with Crippen LogP contribution in [0.3, 0.4) is 0 Å². The van der Waals surface area contributed by atoms with E-state index in [0.717, 1.165) is 16.7 Å². The van der Waals surface area contributed by atoms with Crippen LogP contribution in [0.15, 0.2) is 77.9 Å². The van der Waals surface area contributed by atoms with Crippen molar-refractivity contribution in [2.75, 3.05) is 6.61 Å². The minimum Gasteiger partial charge on any atom is -0.490 e. The number of carbonyl (C=O) groups is 1. The van der Waals surface area contributed by atoms with Crippen molar-refractivity contribution < 1.29 is 14.3 Å². The first-order chi connectivity index (χ1) is 15.0. The second kappa shape index (κ2) is 10.6. The number of hydrogen-bond donors (Lipinski definition) is 1. The van der Waals surface area contributed by atoms with Gasteiger partial charge in [-0.15, -0.1) is 0 Å². The molecule has 0 heterocycles. The minimum absolute atomic E-state index is 0.0424. The van der Waals surface area contributed by atoms with Crippen molar-refractivity contribution in [3.05, 3.63) is 83.9 Å². The highest BCUT2D eigenvalue weighted by Gasteiger charge is 2.05. The molecule has 3 aromatic rings. The zero-order valence-corrected chi connectivity index (χ0v) is 17.4. The molecule has 0 aromatic heterocycles. The van der Waals surface area contributed by atoms with Crippen LogP contribution in [0.5, 0.6) is 11.5 Å². The van der Waals surface area contributed by atoms with Crippen molar-refractivity contribution >= 4 is 12.1 Å². The minimum atomic E-state index is -0.366. The third-order valence-corrected chi connectivity index (χ3v) is 4.25. The first-order valence-electron chi connectivity index (χ1n) is 9.86. The number of hydrogen-bond acceptors (Lipinski definition) is 5. The molecule has 0 fully saturated rings. The Morgan fingerprint density at radius 1 is 1.03 bits per heavy atom. The standard InChI is InChI=1S/C25H23N3O3/c1-18(2)31-24-6-4-3-5-22(24)16-27-28-25(29)17-30-23-13-11-21(12-14-23)20-9-7-19(15-26)8-10-20/h3-14,16,18H,17H2,1-2H3,(H,28,29)/b27-16-. The summed E-state index contributed by atoms with van der Waals surface area (Å²) in [6.45, 7) is 3.74. The molecule has 31 heavy (non-hydrogen) atoms. The zero-order chi connectivity index (χ0) is 22.1. The third kappa shape index (κ3) is 6.44. The maximum absolute atomic E-state index is 12.0. The Morgan fingerprint density at radius 2 is 1.68 bits per heavy atom. The number of nitrogens with zero attached hydrogens (tertiary/aromatic N) is 2. The molecule has 1 N–H and O–H groups in total. The average Bonchev–Trinajstić information content (AvgIpc) is 2.79. The Morgan fingerprint density at radius 3 is 2.32 bits per heavy atom. The Labute approximate surface area is 181 Å². The van der Waals surface area contributed by atoms with Crippen molar-refractivity contribution in [2.24, 2.45) is 5.10 Å². The van der Waals surface area contributed by atoms with Crippen molar-refractivity contribution in [3.63, 3.8) is 0 Å². The average molecular weight is 413 g/mol. The molecule has 0 radical (unpaired) electrons. The van der Waals surface area contributed by atoms with Gasteiger partial charge in [0.05, 0.1) is 24.0 Å². The van der Waals surface area contributed by atoms with Gasteiger partial charge in [-0.3, -0.25) is 4.79 Å². The Balaban J connectivity index is 1.51. The lowest BCUT2D eigenvalue weighted by molar-refractivity contribution is -0.123. The van der Waals surface area contributed by atoms with Gasteiger partial charge >= 0.3 is 0 Å². The number of carbonyl (C=O) groups excluding carboxylic acids is 1. The first kappa shape index (κ1) is 21.6. The largest absolute Gasteiger partial charge is 0.490 e. The van der Waals surface area contributed by atoms with Gasteiger partial charge < -0.3 is 9.47 Å². The van der Waals surface area contributed by atoms with Gasteiger partial charge in [0.2, 0.25) is 0 Å². The van der Waals surface area contributed by atoms with Crippen LogP contribution in [0, 0.1) is 11.3 Å². The van der Waals surface area contributed by atoms with Crippen LogP contribution in [0.4, 0.5) is 0 Å². The second-order valence-corrected chi connectivity index (χ2v) is 7.00. The van der Waals surface area contributed by atoms with Crippen LogP contribution in [0.25, 0.3) is 11.1 Å². The molecule has 0 unspecified atom stereocenters. The number of nitriles is 1. The van der Waals surface area contributed by atoms with Crippen LogP contribution in [0.2, 0.25) is 0 Å². The molecule has 0 aliphatic heterocycles. The maximum atomic E-state index is 12.0. The Kier molecular flexibility index (Phi) is 7.39. The van der Waals surface area contributed by atoms with Crippen LogP contribution < -0.4 is 14.9 Å². The molecule has 6 heteroatoms. The van der Waals surface area contributed by atoms with Gasteiger partial charge in [-0.2, -0.15) is 10.4 Å². The molecule has 3 rings (SSSR count). The third-order valence-electron chi connectivity index (χ3n) is 4.25. The molecule has 1 amide bonds. The SMILES string of the molecule is CC(C)Oc1ccccc1/C=N\NC(=O)COc1ccc(-c2ccc(C#N)cc2)cc1. The first-order valence-corrected chi connectivity index (χ1v) is 9.86. The molecule has 0 bridgehead atoms. The lowest BCUT2D eigenvalue weighted by Crippen LogP contribution is -2.24. The van der Waals surface area contributed by atoms with Crippen molar-refractivity contribution in [1.29, 1.82) is 5.26 Å². The predicted octanol–water partition coefficient (Wildman–Crippen LogP) is 4.54. The molecule has 0 atom stereocenters. The van der Waals surface area contributed by atoms with E-state index in [4.69, 9.17) is 14.7 Å². The number of ether oxygens (including phenoxy) is 2. The van der Waals surface area contributed by atoms with Crippen molar-refractivity contribution in [2.45, 2.75) is 20.0 Å². The molecule has 0 aliphatic carbocycles. The lowest BCUT2D eigenvalue weighted by Gasteiger charge is -2.11. The Bertz CT molecular complexity index is 1080. The molecule has 0 spiro atoms. The van der Waals surface area contributed by atoms with E-state index in [9.17, 15) is 4.79 Å². The molecule has 0 aliphatic rings. The topological polar surface area (TPSA) is 83.7 Å². The number of rotatable bonds is 8. The van der Waals surface area contributed by atoms with Gasteiger partial charge in [-0.25, -0.2) is 5.43 Å². The molecule has 0 saturated heterocycles. The highest BCUT2D eigenvalue weighted by atomic mass is 16.5. The summed E-state index contributed by atoms with van der Waals surface area (Å²) in [5.41, 5.74) is 5.84. The Hall–Kier alpha value is -4.11. The molecule has 0 saturated carbocycles. The van der Waals surface area contributed by atoms with Crippen LogP contribution in [0.1, 0.15) is 25.0 Å². The van der Waals surface area contributed by atoms with Crippen molar-refractivity contribution in [1.82, 2.24) is 5.43 Å². The van der Waals surface area contributed by atoms with E-state index >= 15 is 0 Å². The van der Waals surface area contributed by atoms with Gasteiger partial charge in [0, 0.05) is 5.56 Å². The van der Waals surface area contributed by atoms with Gasteiger partial charge in [0.15, 0.2) is 6.61 Å². The highest BCUT2D eigenvalue weighted by molar-refractivity contribution is 5.85. The fourth-order valence-electron chi connectivity index (χ4n) is 2.78. The summed E-state index contributed by atoms with van der Waals surface area (Å²) < 4.78 is 11.2. The summed E-state index contributed by atoms with van der Waals surface area (Å²) in [6.07, 6.45) is 1.59. The summed E-state index contributed by atoms with van der Waals surface area (Å²) in [6, 6.07) is 24.3. The van der Waals surface area contributed by atoms with E-state index in [0.29, 0.717) is 17.1 Å². The lowest BCUT2D eigenvalue weighted by atomic mass is 10.0. The van der Waals surface area contributed by atoms with Gasteiger partial charge in [-0.05, 0) is 61.4 Å². The maximum Gasteiger partial charge on any atom is 0.277 e. The van der Waals surface area contributed by atoms with E-state index in [2.05, 4.69) is 16.6 Å². The summed E-state index contributed by atoms with van der Waals surface area (Å²) in [4.78, 5) is 12.0. The molecule has 3 aromatic carbocycles. The molecular weight excluding hydrogens is 390 g/mol. The zero-order valence-electron chi connectivity index (χ0n) is 17.4. The number of para-hydroxylation sites is 1. The van der Waals surface area contributed by atoms with E-state index in [1.807, 2.05) is 62.4 Å². The summed E-state index contributed by atoms with van der Waals surface area (Å²) in [5, 5.41) is 12.9. The normalized spacial score (nSPS) is 10.6. The summed E-state index contributed by atoms with van der Waals surface area (Å²) in [7, 11) is 0. The number of benzene rings is 3. The van der Waals surface area contributed by atoms with E-state index < -0.39 is 0 Å². The summed E-state index contributed by atoms with van der Waals surface area (Å²) in [5.74, 6) is 0.913. The van der Waals surface area contributed by atoms with Crippen LogP contribution in [-0.4, -0.2) is 24.8 Å². The fourth-order valence-corrected chi connectivity index (χ4v) is 2.78. The van der Waals surface area contributed by atoms with E-state index in [1.54, 1.807) is 30.5 Å². The smallest absolute Gasteiger partial charge is 0.277 e. The highest BCUT2D eigenvalue weighted by Crippen LogP contribution is 2.23.